The fraction of sp³-hybridized carbons (Fsp3) is 0.414. The fourth-order valence-electron chi connectivity index (χ4n) is 5.83. The van der Waals surface area contributed by atoms with Gasteiger partial charge in [0.15, 0.2) is 5.78 Å². The first-order valence-corrected chi connectivity index (χ1v) is 13.6. The van der Waals surface area contributed by atoms with Crippen LogP contribution in [0.15, 0.2) is 42.6 Å². The van der Waals surface area contributed by atoms with Gasteiger partial charge in [-0.25, -0.2) is 9.48 Å². The number of aromatic carboxylic acids is 1. The first-order chi connectivity index (χ1) is 18.7. The molecule has 39 heavy (non-hydrogen) atoms. The number of amides is 1. The van der Waals surface area contributed by atoms with Crippen LogP contribution in [0.25, 0.3) is 11.3 Å². The quantitative estimate of drug-likeness (QED) is 0.454. The summed E-state index contributed by atoms with van der Waals surface area (Å²) in [6.45, 7) is 4.53. The molecule has 3 heterocycles. The summed E-state index contributed by atoms with van der Waals surface area (Å²) in [5, 5.41) is 18.2. The van der Waals surface area contributed by atoms with E-state index >= 15 is 0 Å². The molecule has 0 aliphatic carbocycles. The average Bonchev–Trinajstić information content (AvgIpc) is 3.52. The van der Waals surface area contributed by atoms with Crippen molar-refractivity contribution in [1.82, 2.24) is 24.8 Å². The maximum absolute atomic E-state index is 13.5. The molecule has 0 unspecified atom stereocenters. The monoisotopic (exact) mass is 549 g/mol. The van der Waals surface area contributed by atoms with Gasteiger partial charge in [-0.15, -0.1) is 5.10 Å². The average molecular weight is 550 g/mol. The Morgan fingerprint density at radius 2 is 1.85 bits per heavy atom. The van der Waals surface area contributed by atoms with Crippen molar-refractivity contribution in [3.05, 3.63) is 69.9 Å². The Morgan fingerprint density at radius 1 is 1.08 bits per heavy atom. The number of likely N-dealkylation sites (tertiary alicyclic amines) is 2. The van der Waals surface area contributed by atoms with Crippen LogP contribution in [-0.4, -0.2) is 72.7 Å². The third kappa shape index (κ3) is 5.89. The topological polar surface area (TPSA) is 109 Å². The molecule has 0 bridgehead atoms. The van der Waals surface area contributed by atoms with Gasteiger partial charge in [-0.3, -0.25) is 14.5 Å². The Morgan fingerprint density at radius 3 is 2.51 bits per heavy atom. The molecule has 2 aliphatic heterocycles. The van der Waals surface area contributed by atoms with Crippen LogP contribution in [-0.2, 0) is 29.6 Å². The van der Waals surface area contributed by atoms with Crippen molar-refractivity contribution in [2.24, 2.45) is 7.05 Å². The lowest BCUT2D eigenvalue weighted by Gasteiger charge is -2.39. The van der Waals surface area contributed by atoms with E-state index in [4.69, 9.17) is 11.6 Å². The van der Waals surface area contributed by atoms with E-state index in [0.717, 1.165) is 43.1 Å². The van der Waals surface area contributed by atoms with Crippen LogP contribution in [0.1, 0.15) is 52.7 Å². The first-order valence-electron chi connectivity index (χ1n) is 13.2. The first kappa shape index (κ1) is 27.0. The molecule has 9 nitrogen and oxygen atoms in total. The van der Waals surface area contributed by atoms with Gasteiger partial charge >= 0.3 is 5.97 Å². The molecule has 2 fully saturated rings. The highest BCUT2D eigenvalue weighted by Crippen LogP contribution is 2.30. The van der Waals surface area contributed by atoms with Gasteiger partial charge in [0.1, 0.15) is 0 Å². The summed E-state index contributed by atoms with van der Waals surface area (Å²) in [5.41, 5.74) is 4.26. The van der Waals surface area contributed by atoms with Gasteiger partial charge in [0.25, 0.3) is 0 Å². The smallest absolute Gasteiger partial charge is 0.335 e. The zero-order valence-electron chi connectivity index (χ0n) is 22.1. The summed E-state index contributed by atoms with van der Waals surface area (Å²) in [5.74, 6) is -1.10. The Balaban J connectivity index is 1.27. The number of ketones is 1. The standard InChI is InChI=1S/C29H32ClN5O4/c1-18-11-19(3-4-24(18)30)17-34-9-7-23(8-10-34)35-25(5-6-28(35)37)27(36)14-20-12-21(15-22(13-20)29(38)39)26-16-31-32-33(26)2/h3-4,11-13,15-16,23,25H,5-10,14,17H2,1-2H3,(H,38,39)/t25-/m1/s1. The highest BCUT2D eigenvalue weighted by atomic mass is 35.5. The van der Waals surface area contributed by atoms with Crippen LogP contribution in [0.3, 0.4) is 0 Å². The zero-order valence-corrected chi connectivity index (χ0v) is 22.9. The molecule has 0 spiro atoms. The molecular weight excluding hydrogens is 518 g/mol. The van der Waals surface area contributed by atoms with Gasteiger partial charge in [-0.2, -0.15) is 0 Å². The Kier molecular flexibility index (Phi) is 7.81. The second-order valence-electron chi connectivity index (χ2n) is 10.6. The van der Waals surface area contributed by atoms with Gasteiger partial charge in [-0.05, 0) is 67.1 Å². The normalized spacial score (nSPS) is 18.6. The number of rotatable bonds is 8. The van der Waals surface area contributed by atoms with E-state index < -0.39 is 12.0 Å². The Labute approximate surface area is 232 Å². The van der Waals surface area contributed by atoms with Crippen molar-refractivity contribution in [3.8, 4) is 11.3 Å². The molecule has 1 N–H and O–H groups in total. The lowest BCUT2D eigenvalue weighted by molar-refractivity contribution is -0.137. The van der Waals surface area contributed by atoms with Crippen molar-refractivity contribution in [1.29, 1.82) is 0 Å². The van der Waals surface area contributed by atoms with Crippen LogP contribution in [0, 0.1) is 6.92 Å². The number of hydrogen-bond donors (Lipinski definition) is 1. The van der Waals surface area contributed by atoms with E-state index in [2.05, 4.69) is 27.3 Å². The summed E-state index contributed by atoms with van der Waals surface area (Å²) < 4.78 is 1.56. The summed E-state index contributed by atoms with van der Waals surface area (Å²) in [7, 11) is 1.73. The molecular formula is C29H32ClN5O4. The van der Waals surface area contributed by atoms with Gasteiger partial charge in [-0.1, -0.05) is 28.9 Å². The fourth-order valence-corrected chi connectivity index (χ4v) is 5.95. The SMILES string of the molecule is Cc1cc(CN2CCC(N3C(=O)CC[C@@H]3C(=O)Cc3cc(C(=O)O)cc(-c4cnnn4C)c3)CC2)ccc1Cl. The summed E-state index contributed by atoms with van der Waals surface area (Å²) >= 11 is 6.17. The number of carbonyl (C=O) groups is 3. The minimum atomic E-state index is -1.07. The van der Waals surface area contributed by atoms with Crippen LogP contribution in [0.5, 0.6) is 0 Å². The number of hydrogen-bond acceptors (Lipinski definition) is 6. The largest absolute Gasteiger partial charge is 0.478 e. The van der Waals surface area contributed by atoms with Crippen molar-refractivity contribution < 1.29 is 19.5 Å². The molecule has 1 amide bonds. The Hall–Kier alpha value is -3.56. The zero-order chi connectivity index (χ0) is 27.7. The third-order valence-electron chi connectivity index (χ3n) is 7.83. The number of Topliss-reactive ketones (excluding diaryl/α,β-unsaturated/α-hetero) is 1. The molecule has 204 valence electrons. The number of aryl methyl sites for hydroxylation is 2. The van der Waals surface area contributed by atoms with E-state index in [9.17, 15) is 19.5 Å². The van der Waals surface area contributed by atoms with E-state index in [1.54, 1.807) is 30.1 Å². The van der Waals surface area contributed by atoms with Crippen LogP contribution >= 0.6 is 11.6 Å². The highest BCUT2D eigenvalue weighted by Gasteiger charge is 2.40. The summed E-state index contributed by atoms with van der Waals surface area (Å²) in [6, 6.07) is 10.5. The van der Waals surface area contributed by atoms with Crippen LogP contribution in [0.2, 0.25) is 5.02 Å². The predicted molar refractivity (Wildman–Crippen MR) is 146 cm³/mol. The molecule has 5 rings (SSSR count). The molecule has 1 atom stereocenters. The summed E-state index contributed by atoms with van der Waals surface area (Å²) in [4.78, 5) is 42.4. The number of piperidine rings is 1. The second kappa shape index (κ2) is 11.3. The number of carboxylic acid groups (broad SMARTS) is 1. The van der Waals surface area contributed by atoms with Gasteiger partial charge in [0.05, 0.1) is 23.5 Å². The molecule has 0 radical (unpaired) electrons. The van der Waals surface area contributed by atoms with Crippen molar-refractivity contribution in [2.75, 3.05) is 13.1 Å². The third-order valence-corrected chi connectivity index (χ3v) is 8.26. The number of benzene rings is 2. The molecule has 2 saturated heterocycles. The minimum Gasteiger partial charge on any atom is -0.478 e. The molecule has 0 saturated carbocycles. The van der Waals surface area contributed by atoms with E-state index in [1.807, 2.05) is 17.9 Å². The number of carboxylic acids is 1. The van der Waals surface area contributed by atoms with E-state index in [-0.39, 0.29) is 29.7 Å². The lowest BCUT2D eigenvalue weighted by Crippen LogP contribution is -2.50. The van der Waals surface area contributed by atoms with E-state index in [1.165, 1.54) is 11.6 Å². The van der Waals surface area contributed by atoms with Gasteiger partial charge in [0.2, 0.25) is 5.91 Å². The van der Waals surface area contributed by atoms with Crippen molar-refractivity contribution in [3.63, 3.8) is 0 Å². The van der Waals surface area contributed by atoms with E-state index in [0.29, 0.717) is 29.7 Å². The van der Waals surface area contributed by atoms with Crippen molar-refractivity contribution in [2.45, 2.75) is 57.7 Å². The minimum absolute atomic E-state index is 0.0265. The maximum atomic E-state index is 13.5. The van der Waals surface area contributed by atoms with Gasteiger partial charge in [0, 0.05) is 56.2 Å². The molecule has 2 aliphatic rings. The summed E-state index contributed by atoms with van der Waals surface area (Å²) in [6.07, 6.45) is 4.11. The second-order valence-corrected chi connectivity index (χ2v) is 11.0. The van der Waals surface area contributed by atoms with Crippen molar-refractivity contribution >= 4 is 29.3 Å². The number of aromatic nitrogens is 3. The molecule has 2 aromatic carbocycles. The van der Waals surface area contributed by atoms with Crippen LogP contribution in [0.4, 0.5) is 0 Å². The highest BCUT2D eigenvalue weighted by molar-refractivity contribution is 6.31. The molecule has 3 aromatic rings. The number of nitrogens with zero attached hydrogens (tertiary/aromatic N) is 5. The number of halogens is 1. The Bertz CT molecular complexity index is 1410. The lowest BCUT2D eigenvalue weighted by atomic mass is 9.95. The maximum Gasteiger partial charge on any atom is 0.335 e. The van der Waals surface area contributed by atoms with Crippen LogP contribution < -0.4 is 0 Å². The number of carbonyl (C=O) groups excluding carboxylic acids is 2. The van der Waals surface area contributed by atoms with Gasteiger partial charge < -0.3 is 10.0 Å². The predicted octanol–water partition coefficient (Wildman–Crippen LogP) is 3.91. The molecule has 10 heteroatoms. The molecule has 1 aromatic heterocycles.